The van der Waals surface area contributed by atoms with Crippen molar-refractivity contribution in [2.75, 3.05) is 6.61 Å². The molecule has 3 amide bonds. The summed E-state index contributed by atoms with van der Waals surface area (Å²) in [5, 5.41) is 24.7. The van der Waals surface area contributed by atoms with Crippen LogP contribution in [-0.2, 0) is 19.2 Å². The van der Waals surface area contributed by atoms with Gasteiger partial charge in [0, 0.05) is 0 Å². The first kappa shape index (κ1) is 21.8. The molecule has 0 bridgehead atoms. The van der Waals surface area contributed by atoms with Crippen LogP contribution >= 0.6 is 0 Å². The van der Waals surface area contributed by atoms with Gasteiger partial charge in [0.05, 0.1) is 12.6 Å². The lowest BCUT2D eigenvalue weighted by molar-refractivity contribution is -0.142. The van der Waals surface area contributed by atoms with Crippen LogP contribution in [0.15, 0.2) is 0 Å². The number of carbonyl (C=O) groups excluding carboxylic acids is 3. The minimum absolute atomic E-state index is 0.117. The molecule has 0 aliphatic heterocycles. The Balaban J connectivity index is 4.66. The Bertz CT molecular complexity index is 482. The summed E-state index contributed by atoms with van der Waals surface area (Å²) in [7, 11) is 0. The van der Waals surface area contributed by atoms with Crippen LogP contribution in [0, 0.1) is 5.92 Å². The second-order valence-corrected chi connectivity index (χ2v) is 5.81. The van der Waals surface area contributed by atoms with Crippen molar-refractivity contribution in [3.8, 4) is 0 Å². The number of aliphatic hydroxyl groups is 1. The zero-order chi connectivity index (χ0) is 19.0. The molecular formula is C14H26N4O6. The van der Waals surface area contributed by atoms with Gasteiger partial charge in [-0.15, -0.1) is 0 Å². The number of carboxylic acid groups (broad SMARTS) is 1. The number of amides is 3. The summed E-state index contributed by atoms with van der Waals surface area (Å²) in [5.74, 6) is -3.45. The van der Waals surface area contributed by atoms with Gasteiger partial charge >= 0.3 is 5.97 Å². The molecule has 0 saturated heterocycles. The van der Waals surface area contributed by atoms with E-state index in [4.69, 9.17) is 10.8 Å². The second-order valence-electron chi connectivity index (χ2n) is 5.81. The third-order valence-corrected chi connectivity index (χ3v) is 3.32. The summed E-state index contributed by atoms with van der Waals surface area (Å²) in [6.07, 6.45) is 0. The summed E-state index contributed by atoms with van der Waals surface area (Å²) >= 11 is 0. The van der Waals surface area contributed by atoms with Crippen molar-refractivity contribution in [3.05, 3.63) is 0 Å². The molecule has 0 spiro atoms. The van der Waals surface area contributed by atoms with Crippen LogP contribution in [0.3, 0.4) is 0 Å². The lowest BCUT2D eigenvalue weighted by atomic mass is 10.0. The predicted octanol–water partition coefficient (Wildman–Crippen LogP) is -2.46. The number of nitrogens with one attached hydrogen (secondary N) is 3. The number of rotatable bonds is 9. The molecule has 4 unspecified atom stereocenters. The first-order valence-electron chi connectivity index (χ1n) is 7.51. The quantitative estimate of drug-likeness (QED) is 0.269. The van der Waals surface area contributed by atoms with Crippen LogP contribution in [0.2, 0.25) is 0 Å². The number of hydrogen-bond acceptors (Lipinski definition) is 6. The minimum Gasteiger partial charge on any atom is -0.480 e. The number of hydrogen-bond donors (Lipinski definition) is 6. The summed E-state index contributed by atoms with van der Waals surface area (Å²) < 4.78 is 0. The molecule has 0 heterocycles. The highest BCUT2D eigenvalue weighted by molar-refractivity contribution is 5.93. The highest BCUT2D eigenvalue weighted by atomic mass is 16.4. The molecule has 0 radical (unpaired) electrons. The Kier molecular flexibility index (Phi) is 8.93. The van der Waals surface area contributed by atoms with E-state index in [0.717, 1.165) is 0 Å². The molecule has 0 rings (SSSR count). The predicted molar refractivity (Wildman–Crippen MR) is 84.7 cm³/mol. The van der Waals surface area contributed by atoms with Gasteiger partial charge in [-0.25, -0.2) is 0 Å². The molecule has 0 saturated carbocycles. The monoisotopic (exact) mass is 346 g/mol. The van der Waals surface area contributed by atoms with Gasteiger partial charge in [0.2, 0.25) is 17.7 Å². The molecular weight excluding hydrogens is 320 g/mol. The van der Waals surface area contributed by atoms with Crippen LogP contribution in [-0.4, -0.2) is 64.7 Å². The van der Waals surface area contributed by atoms with Crippen molar-refractivity contribution in [2.45, 2.75) is 51.9 Å². The van der Waals surface area contributed by atoms with Gasteiger partial charge in [0.15, 0.2) is 0 Å². The maximum atomic E-state index is 12.0. The van der Waals surface area contributed by atoms with Gasteiger partial charge in [-0.05, 0) is 19.8 Å². The van der Waals surface area contributed by atoms with Gasteiger partial charge in [-0.3, -0.25) is 19.2 Å². The maximum Gasteiger partial charge on any atom is 0.325 e. The number of aliphatic carboxylic acids is 1. The molecule has 10 nitrogen and oxygen atoms in total. The van der Waals surface area contributed by atoms with Crippen LogP contribution < -0.4 is 21.7 Å². The molecule has 0 aromatic heterocycles. The molecule has 0 aliphatic carbocycles. The van der Waals surface area contributed by atoms with Gasteiger partial charge < -0.3 is 31.9 Å². The van der Waals surface area contributed by atoms with E-state index in [0.29, 0.717) is 0 Å². The van der Waals surface area contributed by atoms with E-state index in [2.05, 4.69) is 16.0 Å². The molecule has 138 valence electrons. The molecule has 7 N–H and O–H groups in total. The normalized spacial score (nSPS) is 15.8. The number of aliphatic hydroxyl groups excluding tert-OH is 1. The Hall–Kier alpha value is -2.20. The van der Waals surface area contributed by atoms with Crippen LogP contribution in [0.4, 0.5) is 0 Å². The Morgan fingerprint density at radius 3 is 1.79 bits per heavy atom. The SMILES string of the molecule is CC(NC(=O)C(CO)NC(=O)C(C)NC(=O)C(N)C(C)C)C(=O)O. The summed E-state index contributed by atoms with van der Waals surface area (Å²) in [6, 6.07) is -4.28. The molecule has 10 heteroatoms. The van der Waals surface area contributed by atoms with Crippen molar-refractivity contribution in [3.63, 3.8) is 0 Å². The molecule has 0 fully saturated rings. The standard InChI is InChI=1S/C14H26N4O6/c1-6(2)10(15)13(22)16-7(3)11(20)18-9(5-19)12(21)17-8(4)14(23)24/h6-10,19H,5,15H2,1-4H3,(H,16,22)(H,17,21)(H,18,20)(H,23,24). The second kappa shape index (κ2) is 9.83. The van der Waals surface area contributed by atoms with Gasteiger partial charge in [0.1, 0.15) is 18.1 Å². The fraction of sp³-hybridized carbons (Fsp3) is 0.714. The number of carbonyl (C=O) groups is 4. The Labute approximate surface area is 140 Å². The zero-order valence-corrected chi connectivity index (χ0v) is 14.2. The minimum atomic E-state index is -1.34. The lowest BCUT2D eigenvalue weighted by Gasteiger charge is -2.22. The fourth-order valence-corrected chi connectivity index (χ4v) is 1.54. The smallest absolute Gasteiger partial charge is 0.325 e. The van der Waals surface area contributed by atoms with E-state index < -0.39 is 54.5 Å². The highest BCUT2D eigenvalue weighted by Gasteiger charge is 2.27. The van der Waals surface area contributed by atoms with E-state index >= 15 is 0 Å². The topological polar surface area (TPSA) is 171 Å². The first-order valence-corrected chi connectivity index (χ1v) is 7.51. The fourth-order valence-electron chi connectivity index (χ4n) is 1.54. The Morgan fingerprint density at radius 1 is 0.875 bits per heavy atom. The average Bonchev–Trinajstić information content (AvgIpc) is 2.50. The lowest BCUT2D eigenvalue weighted by Crippen LogP contribution is -2.57. The Morgan fingerprint density at radius 2 is 1.38 bits per heavy atom. The third-order valence-electron chi connectivity index (χ3n) is 3.32. The first-order chi connectivity index (χ1) is 11.0. The molecule has 24 heavy (non-hydrogen) atoms. The van der Waals surface area contributed by atoms with E-state index in [9.17, 15) is 24.3 Å². The summed E-state index contributed by atoms with van der Waals surface area (Å²) in [4.78, 5) is 46.3. The zero-order valence-electron chi connectivity index (χ0n) is 14.2. The van der Waals surface area contributed by atoms with Gasteiger partial charge in [-0.1, -0.05) is 13.8 Å². The average molecular weight is 346 g/mol. The van der Waals surface area contributed by atoms with Crippen LogP contribution in [0.25, 0.3) is 0 Å². The van der Waals surface area contributed by atoms with Gasteiger partial charge in [0.25, 0.3) is 0 Å². The highest BCUT2D eigenvalue weighted by Crippen LogP contribution is 1.99. The number of nitrogens with two attached hydrogens (primary N) is 1. The van der Waals surface area contributed by atoms with Crippen LogP contribution in [0.5, 0.6) is 0 Å². The van der Waals surface area contributed by atoms with Crippen molar-refractivity contribution in [2.24, 2.45) is 11.7 Å². The van der Waals surface area contributed by atoms with E-state index in [1.165, 1.54) is 13.8 Å². The van der Waals surface area contributed by atoms with E-state index in [1.54, 1.807) is 13.8 Å². The summed E-state index contributed by atoms with van der Waals surface area (Å²) in [5.41, 5.74) is 5.66. The molecule has 0 aliphatic rings. The van der Waals surface area contributed by atoms with Crippen LogP contribution in [0.1, 0.15) is 27.7 Å². The summed E-state index contributed by atoms with van der Waals surface area (Å²) in [6.45, 7) is 5.42. The largest absolute Gasteiger partial charge is 0.480 e. The van der Waals surface area contributed by atoms with Crippen molar-refractivity contribution in [1.82, 2.24) is 16.0 Å². The molecule has 0 aromatic carbocycles. The van der Waals surface area contributed by atoms with Crippen molar-refractivity contribution in [1.29, 1.82) is 0 Å². The number of carboxylic acids is 1. The molecule has 4 atom stereocenters. The van der Waals surface area contributed by atoms with E-state index in [-0.39, 0.29) is 5.92 Å². The third kappa shape index (κ3) is 6.92. The van der Waals surface area contributed by atoms with Gasteiger partial charge in [-0.2, -0.15) is 0 Å². The van der Waals surface area contributed by atoms with Crippen molar-refractivity contribution < 1.29 is 29.4 Å². The van der Waals surface area contributed by atoms with E-state index in [1.807, 2.05) is 0 Å². The molecule has 0 aromatic rings. The van der Waals surface area contributed by atoms with Crippen molar-refractivity contribution >= 4 is 23.7 Å². The maximum absolute atomic E-state index is 12.0.